The molecule has 1 fully saturated rings. The monoisotopic (exact) mass is 463 g/mol. The van der Waals surface area contributed by atoms with Gasteiger partial charge in [-0.1, -0.05) is 13.8 Å². The zero-order valence-electron chi connectivity index (χ0n) is 17.8. The summed E-state index contributed by atoms with van der Waals surface area (Å²) in [6.45, 7) is 5.20. The SMILES string of the molecule is CCN(CC)S(=O)(=O)c1ccc(N2CCN(C(=O)c3nccnc3N)CC2)c([N+](=O)[O-])c1. The second-order valence-electron chi connectivity index (χ2n) is 7.07. The van der Waals surface area contributed by atoms with Crippen LogP contribution in [0.15, 0.2) is 35.5 Å². The molecule has 32 heavy (non-hydrogen) atoms. The van der Waals surface area contributed by atoms with Gasteiger partial charge in [0.05, 0.1) is 9.82 Å². The highest BCUT2D eigenvalue weighted by Gasteiger charge is 2.30. The minimum Gasteiger partial charge on any atom is -0.382 e. The number of anilines is 2. The summed E-state index contributed by atoms with van der Waals surface area (Å²) >= 11 is 0. The van der Waals surface area contributed by atoms with Gasteiger partial charge in [0.1, 0.15) is 5.69 Å². The first kappa shape index (κ1) is 23.3. The van der Waals surface area contributed by atoms with E-state index in [0.717, 1.165) is 6.07 Å². The Morgan fingerprint density at radius 1 is 1.16 bits per heavy atom. The van der Waals surface area contributed by atoms with E-state index in [4.69, 9.17) is 5.73 Å². The first-order chi connectivity index (χ1) is 15.2. The Hall–Kier alpha value is -3.32. The lowest BCUT2D eigenvalue weighted by Gasteiger charge is -2.35. The lowest BCUT2D eigenvalue weighted by molar-refractivity contribution is -0.384. The molecule has 172 valence electrons. The standard InChI is InChI=1S/C19H25N7O5S/c1-3-25(4-2)32(30,31)14-5-6-15(16(13-14)26(28)29)23-9-11-24(12-10-23)19(27)17-18(20)22-8-7-21-17/h5-8,13H,3-4,9-12H2,1-2H3,(H2,20,22). The molecule has 1 aliphatic heterocycles. The molecule has 1 aromatic heterocycles. The Balaban J connectivity index is 1.81. The summed E-state index contributed by atoms with van der Waals surface area (Å²) in [6.07, 6.45) is 2.78. The highest BCUT2D eigenvalue weighted by Crippen LogP contribution is 2.32. The van der Waals surface area contributed by atoms with Crippen molar-refractivity contribution in [3.8, 4) is 0 Å². The molecule has 0 bridgehead atoms. The smallest absolute Gasteiger partial charge is 0.293 e. The van der Waals surface area contributed by atoms with E-state index >= 15 is 0 Å². The van der Waals surface area contributed by atoms with Crippen LogP contribution in [0.2, 0.25) is 0 Å². The molecule has 0 atom stereocenters. The highest BCUT2D eigenvalue weighted by atomic mass is 32.2. The highest BCUT2D eigenvalue weighted by molar-refractivity contribution is 7.89. The fraction of sp³-hybridized carbons (Fsp3) is 0.421. The van der Waals surface area contributed by atoms with Crippen molar-refractivity contribution in [3.05, 3.63) is 46.4 Å². The number of hydrogen-bond donors (Lipinski definition) is 1. The van der Waals surface area contributed by atoms with Crippen LogP contribution in [0.4, 0.5) is 17.2 Å². The van der Waals surface area contributed by atoms with Crippen LogP contribution < -0.4 is 10.6 Å². The molecule has 12 nitrogen and oxygen atoms in total. The molecule has 1 aliphatic rings. The van der Waals surface area contributed by atoms with Gasteiger partial charge in [0, 0.05) is 57.7 Å². The van der Waals surface area contributed by atoms with Crippen molar-refractivity contribution in [2.75, 3.05) is 49.9 Å². The lowest BCUT2D eigenvalue weighted by Crippen LogP contribution is -2.49. The van der Waals surface area contributed by atoms with Crippen LogP contribution >= 0.6 is 0 Å². The Morgan fingerprint density at radius 2 is 1.78 bits per heavy atom. The molecule has 2 N–H and O–H groups in total. The van der Waals surface area contributed by atoms with Crippen molar-refractivity contribution in [2.24, 2.45) is 0 Å². The lowest BCUT2D eigenvalue weighted by atomic mass is 10.2. The molecule has 13 heteroatoms. The molecular formula is C19H25N7O5S. The number of aromatic nitrogens is 2. The van der Waals surface area contributed by atoms with Crippen LogP contribution in [-0.4, -0.2) is 77.7 Å². The van der Waals surface area contributed by atoms with Crippen molar-refractivity contribution in [1.29, 1.82) is 0 Å². The van der Waals surface area contributed by atoms with E-state index in [1.165, 1.54) is 28.8 Å². The van der Waals surface area contributed by atoms with Crippen LogP contribution in [-0.2, 0) is 10.0 Å². The molecule has 1 aromatic carbocycles. The van der Waals surface area contributed by atoms with E-state index in [9.17, 15) is 23.3 Å². The zero-order chi connectivity index (χ0) is 23.5. The van der Waals surface area contributed by atoms with Gasteiger partial charge >= 0.3 is 0 Å². The number of nitrogen functional groups attached to an aromatic ring is 1. The number of sulfonamides is 1. The van der Waals surface area contributed by atoms with E-state index in [0.29, 0.717) is 31.9 Å². The van der Waals surface area contributed by atoms with Gasteiger partial charge in [-0.3, -0.25) is 14.9 Å². The Labute approximate surface area is 185 Å². The Bertz CT molecular complexity index is 1110. The van der Waals surface area contributed by atoms with E-state index in [-0.39, 0.29) is 41.1 Å². The normalized spacial score (nSPS) is 14.6. The molecule has 0 spiro atoms. The molecule has 1 amide bonds. The van der Waals surface area contributed by atoms with Gasteiger partial charge in [-0.15, -0.1) is 0 Å². The number of nitrogens with two attached hydrogens (primary N) is 1. The van der Waals surface area contributed by atoms with E-state index in [2.05, 4.69) is 9.97 Å². The average Bonchev–Trinajstić information content (AvgIpc) is 2.79. The summed E-state index contributed by atoms with van der Waals surface area (Å²) in [5, 5.41) is 11.7. The Kier molecular flexibility index (Phi) is 6.89. The van der Waals surface area contributed by atoms with E-state index < -0.39 is 14.9 Å². The summed E-state index contributed by atoms with van der Waals surface area (Å²) in [6, 6.07) is 3.93. The summed E-state index contributed by atoms with van der Waals surface area (Å²) in [7, 11) is -3.83. The molecule has 1 saturated heterocycles. The number of hydrogen-bond acceptors (Lipinski definition) is 9. The molecule has 0 saturated carbocycles. The van der Waals surface area contributed by atoms with Gasteiger partial charge in [-0.2, -0.15) is 4.31 Å². The minimum absolute atomic E-state index is 0.0422. The zero-order valence-corrected chi connectivity index (χ0v) is 18.7. The predicted octanol–water partition coefficient (Wildman–Crippen LogP) is 0.960. The number of carbonyl (C=O) groups is 1. The molecule has 2 heterocycles. The number of carbonyl (C=O) groups excluding carboxylic acids is 1. The van der Waals surface area contributed by atoms with Crippen molar-refractivity contribution >= 4 is 33.1 Å². The van der Waals surface area contributed by atoms with Crippen molar-refractivity contribution in [1.82, 2.24) is 19.2 Å². The predicted molar refractivity (Wildman–Crippen MR) is 118 cm³/mol. The van der Waals surface area contributed by atoms with Crippen molar-refractivity contribution < 1.29 is 18.1 Å². The fourth-order valence-electron chi connectivity index (χ4n) is 3.60. The van der Waals surface area contributed by atoms with Gasteiger partial charge in [0.2, 0.25) is 10.0 Å². The van der Waals surface area contributed by atoms with Crippen LogP contribution in [0.5, 0.6) is 0 Å². The van der Waals surface area contributed by atoms with Crippen LogP contribution in [0.25, 0.3) is 0 Å². The van der Waals surface area contributed by atoms with Crippen LogP contribution in [0.3, 0.4) is 0 Å². The summed E-state index contributed by atoms with van der Waals surface area (Å²) < 4.78 is 26.8. The number of benzene rings is 1. The van der Waals surface area contributed by atoms with Crippen molar-refractivity contribution in [3.63, 3.8) is 0 Å². The third-order valence-corrected chi connectivity index (χ3v) is 7.37. The number of amides is 1. The van der Waals surface area contributed by atoms with Gasteiger partial charge in [0.15, 0.2) is 11.5 Å². The van der Waals surface area contributed by atoms with Gasteiger partial charge < -0.3 is 15.5 Å². The quantitative estimate of drug-likeness (QED) is 0.466. The second-order valence-corrected chi connectivity index (χ2v) is 9.00. The number of nitrogens with zero attached hydrogens (tertiary/aromatic N) is 6. The third-order valence-electron chi connectivity index (χ3n) is 5.32. The largest absolute Gasteiger partial charge is 0.382 e. The minimum atomic E-state index is -3.83. The van der Waals surface area contributed by atoms with Crippen LogP contribution in [0, 0.1) is 10.1 Å². The number of nitro groups is 1. The topological polar surface area (TPSA) is 156 Å². The first-order valence-electron chi connectivity index (χ1n) is 10.1. The number of piperazine rings is 1. The third kappa shape index (κ3) is 4.48. The maximum Gasteiger partial charge on any atom is 0.293 e. The molecular weight excluding hydrogens is 438 g/mol. The van der Waals surface area contributed by atoms with Crippen molar-refractivity contribution in [2.45, 2.75) is 18.7 Å². The summed E-state index contributed by atoms with van der Waals surface area (Å²) in [4.78, 5) is 34.8. The fourth-order valence-corrected chi connectivity index (χ4v) is 5.08. The summed E-state index contributed by atoms with van der Waals surface area (Å²) in [5.41, 5.74) is 5.81. The molecule has 3 rings (SSSR count). The van der Waals surface area contributed by atoms with Gasteiger partial charge in [-0.25, -0.2) is 18.4 Å². The maximum absolute atomic E-state index is 12.8. The number of nitro benzene ring substituents is 1. The molecule has 0 radical (unpaired) electrons. The van der Waals surface area contributed by atoms with Gasteiger partial charge in [-0.05, 0) is 12.1 Å². The second kappa shape index (κ2) is 9.44. The summed E-state index contributed by atoms with van der Waals surface area (Å²) in [5.74, 6) is -0.314. The first-order valence-corrected chi connectivity index (χ1v) is 11.5. The molecule has 2 aromatic rings. The molecule has 0 aliphatic carbocycles. The maximum atomic E-state index is 12.8. The van der Waals surface area contributed by atoms with E-state index in [1.54, 1.807) is 23.6 Å². The average molecular weight is 464 g/mol. The number of rotatable bonds is 7. The molecule has 0 unspecified atom stereocenters. The van der Waals surface area contributed by atoms with Gasteiger partial charge in [0.25, 0.3) is 11.6 Å². The Morgan fingerprint density at radius 3 is 2.34 bits per heavy atom. The van der Waals surface area contributed by atoms with Crippen LogP contribution in [0.1, 0.15) is 24.3 Å². The van der Waals surface area contributed by atoms with E-state index in [1.807, 2.05) is 0 Å².